The van der Waals surface area contributed by atoms with E-state index in [2.05, 4.69) is 24.3 Å². The molecule has 7 nitrogen and oxygen atoms in total. The molecule has 1 amide bonds. The summed E-state index contributed by atoms with van der Waals surface area (Å²) in [6, 6.07) is 2.76. The van der Waals surface area contributed by atoms with E-state index >= 15 is 0 Å². The van der Waals surface area contributed by atoms with Gasteiger partial charge in [-0.05, 0) is 18.4 Å². The summed E-state index contributed by atoms with van der Waals surface area (Å²) in [5, 5.41) is 6.79. The summed E-state index contributed by atoms with van der Waals surface area (Å²) in [7, 11) is 1.54. The molecule has 1 heterocycles. The average molecular weight is 311 g/mol. The van der Waals surface area contributed by atoms with E-state index in [-0.39, 0.29) is 17.2 Å². The lowest BCUT2D eigenvalue weighted by atomic mass is 10.2. The van der Waals surface area contributed by atoms with Crippen LogP contribution in [0.15, 0.2) is 16.9 Å². The Morgan fingerprint density at radius 3 is 2.82 bits per heavy atom. The van der Waals surface area contributed by atoms with Crippen molar-refractivity contribution in [3.63, 3.8) is 0 Å². The van der Waals surface area contributed by atoms with Crippen LogP contribution in [0.25, 0.3) is 0 Å². The Morgan fingerprint density at radius 1 is 1.36 bits per heavy atom. The molecule has 0 radical (unpaired) electrons. The zero-order valence-corrected chi connectivity index (χ0v) is 13.5. The van der Waals surface area contributed by atoms with Crippen molar-refractivity contribution in [2.45, 2.75) is 26.8 Å². The number of hydrogen-bond acceptors (Lipinski definition) is 5. The van der Waals surface area contributed by atoms with Gasteiger partial charge in [0.15, 0.2) is 0 Å². The fourth-order valence-corrected chi connectivity index (χ4v) is 1.69. The molecule has 1 rings (SSSR count). The highest BCUT2D eigenvalue weighted by Gasteiger charge is 2.09. The molecular weight excluding hydrogens is 286 g/mol. The van der Waals surface area contributed by atoms with Crippen LogP contribution in [0.3, 0.4) is 0 Å². The van der Waals surface area contributed by atoms with Gasteiger partial charge >= 0.3 is 0 Å². The second-order valence-electron chi connectivity index (χ2n) is 5.35. The SMILES string of the molecule is COCCn1nc(C(=O)NCCCOCC(C)C)ccc1=O. The summed E-state index contributed by atoms with van der Waals surface area (Å²) in [5.41, 5.74) is -0.0329. The Labute approximate surface area is 130 Å². The average Bonchev–Trinajstić information content (AvgIpc) is 2.49. The third-order valence-corrected chi connectivity index (χ3v) is 2.81. The topological polar surface area (TPSA) is 82.5 Å². The second kappa shape index (κ2) is 10.1. The van der Waals surface area contributed by atoms with Crippen molar-refractivity contribution in [3.05, 3.63) is 28.2 Å². The zero-order chi connectivity index (χ0) is 16.4. The number of carbonyl (C=O) groups is 1. The summed E-state index contributed by atoms with van der Waals surface area (Å²) < 4.78 is 11.6. The summed E-state index contributed by atoms with van der Waals surface area (Å²) in [4.78, 5) is 23.5. The summed E-state index contributed by atoms with van der Waals surface area (Å²) in [5.74, 6) is 0.210. The maximum absolute atomic E-state index is 12.0. The number of ether oxygens (including phenoxy) is 2. The molecule has 0 fully saturated rings. The lowest BCUT2D eigenvalue weighted by Gasteiger charge is -2.08. The molecule has 0 aliphatic carbocycles. The maximum atomic E-state index is 12.0. The molecule has 0 saturated carbocycles. The fraction of sp³-hybridized carbons (Fsp3) is 0.667. The normalized spacial score (nSPS) is 10.9. The van der Waals surface area contributed by atoms with E-state index in [0.29, 0.717) is 32.2 Å². The quantitative estimate of drug-likeness (QED) is 0.643. The third kappa shape index (κ3) is 6.82. The van der Waals surface area contributed by atoms with Gasteiger partial charge in [-0.15, -0.1) is 0 Å². The number of rotatable bonds is 10. The minimum Gasteiger partial charge on any atom is -0.383 e. The zero-order valence-electron chi connectivity index (χ0n) is 13.5. The minimum atomic E-state index is -0.296. The first kappa shape index (κ1) is 18.3. The molecule has 22 heavy (non-hydrogen) atoms. The smallest absolute Gasteiger partial charge is 0.271 e. The van der Waals surface area contributed by atoms with E-state index in [1.165, 1.54) is 16.8 Å². The van der Waals surface area contributed by atoms with E-state index in [9.17, 15) is 9.59 Å². The minimum absolute atomic E-state index is 0.221. The van der Waals surface area contributed by atoms with Crippen LogP contribution in [-0.4, -0.2) is 49.2 Å². The Hall–Kier alpha value is -1.73. The van der Waals surface area contributed by atoms with Crippen molar-refractivity contribution in [1.82, 2.24) is 15.1 Å². The number of carbonyl (C=O) groups excluding carboxylic acids is 1. The maximum Gasteiger partial charge on any atom is 0.271 e. The van der Waals surface area contributed by atoms with Crippen LogP contribution < -0.4 is 10.9 Å². The van der Waals surface area contributed by atoms with Gasteiger partial charge in [-0.1, -0.05) is 13.8 Å². The molecule has 124 valence electrons. The van der Waals surface area contributed by atoms with Crippen LogP contribution in [0.4, 0.5) is 0 Å². The molecule has 1 N–H and O–H groups in total. The first-order valence-electron chi connectivity index (χ1n) is 7.47. The number of aromatic nitrogens is 2. The number of amides is 1. The Balaban J connectivity index is 2.40. The highest BCUT2D eigenvalue weighted by molar-refractivity contribution is 5.91. The fourth-order valence-electron chi connectivity index (χ4n) is 1.69. The van der Waals surface area contributed by atoms with Gasteiger partial charge in [-0.2, -0.15) is 5.10 Å². The summed E-state index contributed by atoms with van der Waals surface area (Å²) in [6.45, 7) is 6.71. The molecule has 0 aliphatic heterocycles. The van der Waals surface area contributed by atoms with Gasteiger partial charge in [0.2, 0.25) is 0 Å². The first-order chi connectivity index (χ1) is 10.5. The van der Waals surface area contributed by atoms with Gasteiger partial charge in [0.1, 0.15) is 5.69 Å². The van der Waals surface area contributed by atoms with Gasteiger partial charge in [0.25, 0.3) is 11.5 Å². The summed E-state index contributed by atoms with van der Waals surface area (Å²) >= 11 is 0. The number of nitrogens with one attached hydrogen (secondary N) is 1. The van der Waals surface area contributed by atoms with E-state index in [4.69, 9.17) is 9.47 Å². The highest BCUT2D eigenvalue weighted by Crippen LogP contribution is 1.94. The highest BCUT2D eigenvalue weighted by atomic mass is 16.5. The van der Waals surface area contributed by atoms with Crippen LogP contribution in [0.5, 0.6) is 0 Å². The second-order valence-corrected chi connectivity index (χ2v) is 5.35. The van der Waals surface area contributed by atoms with Crippen LogP contribution >= 0.6 is 0 Å². The van der Waals surface area contributed by atoms with E-state index in [0.717, 1.165) is 13.0 Å². The van der Waals surface area contributed by atoms with Gasteiger partial charge in [0.05, 0.1) is 13.2 Å². The largest absolute Gasteiger partial charge is 0.383 e. The number of nitrogens with zero attached hydrogens (tertiary/aromatic N) is 2. The van der Waals surface area contributed by atoms with Gasteiger partial charge in [-0.25, -0.2) is 4.68 Å². The molecule has 1 aromatic heterocycles. The molecule has 0 bridgehead atoms. The predicted octanol–water partition coefficient (Wildman–Crippen LogP) is 0.682. The molecular formula is C15H25N3O4. The number of hydrogen-bond donors (Lipinski definition) is 1. The molecule has 0 aromatic carbocycles. The van der Waals surface area contributed by atoms with E-state index in [1.54, 1.807) is 7.11 Å². The molecule has 0 saturated heterocycles. The van der Waals surface area contributed by atoms with Crippen molar-refractivity contribution in [2.24, 2.45) is 5.92 Å². The standard InChI is InChI=1S/C15H25N3O4/c1-12(2)11-22-9-4-7-16-15(20)13-5-6-14(19)18(17-13)8-10-21-3/h5-6,12H,4,7-11H2,1-3H3,(H,16,20). The molecule has 7 heteroatoms. The van der Waals surface area contributed by atoms with Crippen molar-refractivity contribution in [3.8, 4) is 0 Å². The lowest BCUT2D eigenvalue weighted by Crippen LogP contribution is -2.31. The predicted molar refractivity (Wildman–Crippen MR) is 83.0 cm³/mol. The Kier molecular flexibility index (Phi) is 8.39. The van der Waals surface area contributed by atoms with Crippen LogP contribution in [0, 0.1) is 5.92 Å². The van der Waals surface area contributed by atoms with Gasteiger partial charge < -0.3 is 14.8 Å². The molecule has 0 atom stereocenters. The van der Waals surface area contributed by atoms with Crippen molar-refractivity contribution < 1.29 is 14.3 Å². The van der Waals surface area contributed by atoms with Gasteiger partial charge in [0, 0.05) is 32.9 Å². The monoisotopic (exact) mass is 311 g/mol. The first-order valence-corrected chi connectivity index (χ1v) is 7.47. The van der Waals surface area contributed by atoms with E-state index < -0.39 is 0 Å². The molecule has 1 aromatic rings. The molecule has 0 spiro atoms. The van der Waals surface area contributed by atoms with Crippen LogP contribution in [0.2, 0.25) is 0 Å². The van der Waals surface area contributed by atoms with Crippen LogP contribution in [0.1, 0.15) is 30.8 Å². The van der Waals surface area contributed by atoms with Crippen molar-refractivity contribution in [2.75, 3.05) is 33.5 Å². The van der Waals surface area contributed by atoms with Crippen molar-refractivity contribution in [1.29, 1.82) is 0 Å². The molecule has 0 aliphatic rings. The van der Waals surface area contributed by atoms with Crippen LogP contribution in [-0.2, 0) is 16.0 Å². The Morgan fingerprint density at radius 2 is 2.14 bits per heavy atom. The Bertz CT molecular complexity index is 514. The lowest BCUT2D eigenvalue weighted by molar-refractivity contribution is 0.0917. The summed E-state index contributed by atoms with van der Waals surface area (Å²) in [6.07, 6.45) is 0.738. The van der Waals surface area contributed by atoms with E-state index in [1.807, 2.05) is 0 Å². The number of methoxy groups -OCH3 is 1. The van der Waals surface area contributed by atoms with Crippen molar-refractivity contribution >= 4 is 5.91 Å². The molecule has 0 unspecified atom stereocenters. The van der Waals surface area contributed by atoms with Gasteiger partial charge in [-0.3, -0.25) is 9.59 Å². The third-order valence-electron chi connectivity index (χ3n) is 2.81.